The molecule has 4 nitrogen and oxygen atoms in total. The van der Waals surface area contributed by atoms with Gasteiger partial charge in [0, 0.05) is 6.04 Å². The summed E-state index contributed by atoms with van der Waals surface area (Å²) in [5.41, 5.74) is 5.07. The zero-order chi connectivity index (χ0) is 12.8. The molecule has 0 radical (unpaired) electrons. The van der Waals surface area contributed by atoms with Crippen LogP contribution < -0.4 is 11.1 Å². The number of amides is 1. The second-order valence-electron chi connectivity index (χ2n) is 5.55. The Hall–Kier alpha value is -0.770. The Morgan fingerprint density at radius 2 is 1.94 bits per heavy atom. The van der Waals surface area contributed by atoms with E-state index in [4.69, 9.17) is 10.5 Å². The van der Waals surface area contributed by atoms with Crippen molar-refractivity contribution in [3.63, 3.8) is 0 Å². The van der Waals surface area contributed by atoms with Gasteiger partial charge in [0.2, 0.25) is 0 Å². The zero-order valence-electron chi connectivity index (χ0n) is 11.2. The highest BCUT2D eigenvalue weighted by Gasteiger charge is 2.19. The number of hydrogen-bond acceptors (Lipinski definition) is 3. The van der Waals surface area contributed by atoms with Gasteiger partial charge in [0.15, 0.2) is 0 Å². The lowest BCUT2D eigenvalue weighted by Crippen LogP contribution is -2.40. The molecule has 3 N–H and O–H groups in total. The Bertz CT molecular complexity index is 210. The monoisotopic (exact) mass is 230 g/mol. The Morgan fingerprint density at radius 1 is 1.38 bits per heavy atom. The molecule has 16 heavy (non-hydrogen) atoms. The van der Waals surface area contributed by atoms with Crippen LogP contribution in [0, 0.1) is 5.92 Å². The van der Waals surface area contributed by atoms with Crippen LogP contribution in [0.25, 0.3) is 0 Å². The summed E-state index contributed by atoms with van der Waals surface area (Å²) in [6.07, 6.45) is 1.36. The van der Waals surface area contributed by atoms with Crippen LogP contribution in [0.3, 0.4) is 0 Å². The van der Waals surface area contributed by atoms with E-state index in [0.29, 0.717) is 12.5 Å². The lowest BCUT2D eigenvalue weighted by molar-refractivity contribution is 0.0497. The highest BCUT2D eigenvalue weighted by atomic mass is 16.6. The highest BCUT2D eigenvalue weighted by Crippen LogP contribution is 2.10. The van der Waals surface area contributed by atoms with Crippen molar-refractivity contribution in [1.29, 1.82) is 0 Å². The minimum atomic E-state index is -0.449. The molecule has 0 aromatic heterocycles. The Morgan fingerprint density at radius 3 is 2.31 bits per heavy atom. The fourth-order valence-electron chi connectivity index (χ4n) is 1.49. The fourth-order valence-corrected chi connectivity index (χ4v) is 1.49. The van der Waals surface area contributed by atoms with Gasteiger partial charge in [0.25, 0.3) is 0 Å². The molecule has 0 unspecified atom stereocenters. The van der Waals surface area contributed by atoms with E-state index in [-0.39, 0.29) is 12.1 Å². The van der Waals surface area contributed by atoms with Crippen molar-refractivity contribution in [3.8, 4) is 0 Å². The van der Waals surface area contributed by atoms with Crippen LogP contribution in [-0.4, -0.2) is 24.3 Å². The van der Waals surface area contributed by atoms with Crippen LogP contribution >= 0.6 is 0 Å². The van der Waals surface area contributed by atoms with Crippen LogP contribution in [0.4, 0.5) is 4.79 Å². The summed E-state index contributed by atoms with van der Waals surface area (Å²) >= 11 is 0. The fraction of sp³-hybridized carbons (Fsp3) is 0.917. The topological polar surface area (TPSA) is 64.3 Å². The van der Waals surface area contributed by atoms with E-state index < -0.39 is 5.60 Å². The number of nitrogens with two attached hydrogens (primary N) is 1. The highest BCUT2D eigenvalue weighted by molar-refractivity contribution is 5.68. The van der Waals surface area contributed by atoms with E-state index in [9.17, 15) is 4.79 Å². The maximum absolute atomic E-state index is 11.6. The number of ether oxygens (including phenoxy) is 1. The van der Waals surface area contributed by atoms with E-state index in [0.717, 1.165) is 12.8 Å². The summed E-state index contributed by atoms with van der Waals surface area (Å²) in [6.45, 7) is 10.4. The second-order valence-corrected chi connectivity index (χ2v) is 5.55. The third-order valence-corrected chi connectivity index (χ3v) is 1.99. The molecule has 4 heteroatoms. The third-order valence-electron chi connectivity index (χ3n) is 1.99. The molecule has 0 saturated heterocycles. The molecule has 0 fully saturated rings. The average molecular weight is 230 g/mol. The number of hydrogen-bond donors (Lipinski definition) is 2. The summed E-state index contributed by atoms with van der Waals surface area (Å²) < 4.78 is 5.21. The van der Waals surface area contributed by atoms with Gasteiger partial charge in [0.1, 0.15) is 5.60 Å². The standard InChI is InChI=1S/C12H26N2O2/c1-9(2)8-10(6-7-13)14-11(15)16-12(3,4)5/h9-10H,6-8,13H2,1-5H3,(H,14,15)/t10-/m0/s1. The Kier molecular flexibility index (Phi) is 6.41. The van der Waals surface area contributed by atoms with Crippen LogP contribution in [0.15, 0.2) is 0 Å². The number of rotatable bonds is 5. The molecule has 1 atom stereocenters. The largest absolute Gasteiger partial charge is 0.444 e. The van der Waals surface area contributed by atoms with Crippen molar-refractivity contribution >= 4 is 6.09 Å². The summed E-state index contributed by atoms with van der Waals surface area (Å²) in [7, 11) is 0. The maximum atomic E-state index is 11.6. The maximum Gasteiger partial charge on any atom is 0.407 e. The molecular weight excluding hydrogens is 204 g/mol. The molecule has 0 bridgehead atoms. The second kappa shape index (κ2) is 6.74. The van der Waals surface area contributed by atoms with Crippen LogP contribution in [0.1, 0.15) is 47.5 Å². The first-order valence-electron chi connectivity index (χ1n) is 5.94. The Labute approximate surface area is 98.9 Å². The van der Waals surface area contributed by atoms with Gasteiger partial charge >= 0.3 is 6.09 Å². The van der Waals surface area contributed by atoms with Crippen molar-refractivity contribution in [2.75, 3.05) is 6.54 Å². The van der Waals surface area contributed by atoms with Gasteiger partial charge in [-0.05, 0) is 46.1 Å². The van der Waals surface area contributed by atoms with E-state index >= 15 is 0 Å². The van der Waals surface area contributed by atoms with Gasteiger partial charge in [-0.3, -0.25) is 0 Å². The molecule has 0 spiro atoms. The first-order chi connectivity index (χ1) is 7.24. The van der Waals surface area contributed by atoms with Crippen molar-refractivity contribution in [2.45, 2.75) is 59.1 Å². The minimum Gasteiger partial charge on any atom is -0.444 e. The van der Waals surface area contributed by atoms with Crippen molar-refractivity contribution in [1.82, 2.24) is 5.32 Å². The average Bonchev–Trinajstić information content (AvgIpc) is 1.98. The summed E-state index contributed by atoms with van der Waals surface area (Å²) in [5.74, 6) is 0.534. The number of nitrogens with one attached hydrogen (secondary N) is 1. The van der Waals surface area contributed by atoms with Gasteiger partial charge in [-0.1, -0.05) is 13.8 Å². The predicted octanol–water partition coefficient (Wildman–Crippen LogP) is 2.27. The Balaban J connectivity index is 4.12. The van der Waals surface area contributed by atoms with Crippen LogP contribution in [-0.2, 0) is 4.74 Å². The molecule has 0 aromatic carbocycles. The van der Waals surface area contributed by atoms with Crippen molar-refractivity contribution in [2.24, 2.45) is 11.7 Å². The number of carbonyl (C=O) groups excluding carboxylic acids is 1. The summed E-state index contributed by atoms with van der Waals surface area (Å²) in [5, 5.41) is 2.86. The molecule has 0 aliphatic heterocycles. The molecule has 0 aliphatic rings. The summed E-state index contributed by atoms with van der Waals surface area (Å²) in [6, 6.07) is 0.111. The van der Waals surface area contributed by atoms with E-state index in [1.165, 1.54) is 0 Å². The first-order valence-corrected chi connectivity index (χ1v) is 5.94. The lowest BCUT2D eigenvalue weighted by atomic mass is 10.0. The lowest BCUT2D eigenvalue weighted by Gasteiger charge is -2.24. The van der Waals surface area contributed by atoms with Crippen molar-refractivity contribution in [3.05, 3.63) is 0 Å². The normalized spacial score (nSPS) is 13.7. The third kappa shape index (κ3) is 8.53. The first kappa shape index (κ1) is 15.2. The van der Waals surface area contributed by atoms with Gasteiger partial charge in [-0.25, -0.2) is 4.79 Å². The minimum absolute atomic E-state index is 0.111. The summed E-state index contributed by atoms with van der Waals surface area (Å²) in [4.78, 5) is 11.6. The predicted molar refractivity (Wildman–Crippen MR) is 66.3 cm³/mol. The number of alkyl carbamates (subject to hydrolysis) is 1. The molecule has 0 aromatic rings. The molecular formula is C12H26N2O2. The molecule has 0 rings (SSSR count). The molecule has 1 amide bonds. The molecule has 0 aliphatic carbocycles. The molecule has 96 valence electrons. The quantitative estimate of drug-likeness (QED) is 0.761. The van der Waals surface area contributed by atoms with Gasteiger partial charge in [0.05, 0.1) is 0 Å². The van der Waals surface area contributed by atoms with Gasteiger partial charge < -0.3 is 15.8 Å². The van der Waals surface area contributed by atoms with Gasteiger partial charge in [-0.15, -0.1) is 0 Å². The van der Waals surface area contributed by atoms with Crippen molar-refractivity contribution < 1.29 is 9.53 Å². The number of carbonyl (C=O) groups is 1. The van der Waals surface area contributed by atoms with Gasteiger partial charge in [-0.2, -0.15) is 0 Å². The smallest absolute Gasteiger partial charge is 0.407 e. The zero-order valence-corrected chi connectivity index (χ0v) is 11.2. The van der Waals surface area contributed by atoms with E-state index in [1.807, 2.05) is 20.8 Å². The van der Waals surface area contributed by atoms with E-state index in [1.54, 1.807) is 0 Å². The van der Waals surface area contributed by atoms with E-state index in [2.05, 4.69) is 19.2 Å². The van der Waals surface area contributed by atoms with Crippen LogP contribution in [0.5, 0.6) is 0 Å². The molecule has 0 heterocycles. The SMILES string of the molecule is CC(C)C[C@H](CCN)NC(=O)OC(C)(C)C. The molecule has 0 saturated carbocycles. The van der Waals surface area contributed by atoms with Crippen LogP contribution in [0.2, 0.25) is 0 Å².